The Morgan fingerprint density at radius 2 is 1.79 bits per heavy atom. The summed E-state index contributed by atoms with van der Waals surface area (Å²) < 4.78 is 5.54. The number of ether oxygens (including phenoxy) is 1. The maximum Gasteiger partial charge on any atom is 0.410 e. The van der Waals surface area contributed by atoms with Crippen molar-refractivity contribution in [2.24, 2.45) is 0 Å². The van der Waals surface area contributed by atoms with Crippen LogP contribution in [-0.2, 0) is 4.74 Å². The van der Waals surface area contributed by atoms with Gasteiger partial charge in [-0.25, -0.2) is 4.79 Å². The predicted molar refractivity (Wildman–Crippen MR) is 113 cm³/mol. The van der Waals surface area contributed by atoms with Crippen LogP contribution in [0.2, 0.25) is 0 Å². The van der Waals surface area contributed by atoms with Crippen molar-refractivity contribution in [1.82, 2.24) is 9.80 Å². The van der Waals surface area contributed by atoms with Crippen molar-refractivity contribution < 1.29 is 14.3 Å². The number of thioether (sulfide) groups is 1. The summed E-state index contributed by atoms with van der Waals surface area (Å²) in [6.45, 7) is 6.84. The van der Waals surface area contributed by atoms with Crippen molar-refractivity contribution in [1.29, 1.82) is 0 Å². The van der Waals surface area contributed by atoms with Crippen LogP contribution < -0.4 is 0 Å². The molecule has 0 bridgehead atoms. The van der Waals surface area contributed by atoms with E-state index in [4.69, 9.17) is 4.74 Å². The molecule has 1 aromatic carbocycles. The first-order valence-corrected chi connectivity index (χ1v) is 11.5. The Morgan fingerprint density at radius 1 is 1.11 bits per heavy atom. The maximum atomic E-state index is 13.6. The molecule has 0 unspecified atom stereocenters. The largest absolute Gasteiger partial charge is 0.444 e. The lowest BCUT2D eigenvalue weighted by atomic mass is 10.1. The topological polar surface area (TPSA) is 49.9 Å². The minimum atomic E-state index is -0.507. The number of amides is 2. The third-order valence-electron chi connectivity index (χ3n) is 5.50. The molecule has 5 nitrogen and oxygen atoms in total. The van der Waals surface area contributed by atoms with Gasteiger partial charge in [-0.2, -0.15) is 0 Å². The number of rotatable bonds is 4. The quantitative estimate of drug-likeness (QED) is 0.676. The van der Waals surface area contributed by atoms with Crippen molar-refractivity contribution in [3.8, 4) is 0 Å². The fourth-order valence-corrected chi connectivity index (χ4v) is 4.82. The van der Waals surface area contributed by atoms with E-state index in [2.05, 4.69) is 4.90 Å². The highest BCUT2D eigenvalue weighted by Gasteiger charge is 2.39. The molecule has 0 aromatic heterocycles. The first-order chi connectivity index (χ1) is 13.3. The molecular weight excluding hydrogens is 372 g/mol. The molecule has 1 aliphatic carbocycles. The second-order valence-electron chi connectivity index (χ2n) is 8.72. The molecular formula is C22H32N2O3S. The molecule has 1 heterocycles. The lowest BCUT2D eigenvalue weighted by molar-refractivity contribution is 0.0265. The van der Waals surface area contributed by atoms with Gasteiger partial charge >= 0.3 is 6.09 Å². The lowest BCUT2D eigenvalue weighted by Gasteiger charge is -2.35. The van der Waals surface area contributed by atoms with Gasteiger partial charge in [0.15, 0.2) is 0 Å². The number of benzene rings is 1. The minimum absolute atomic E-state index is 0.0537. The molecule has 6 heteroatoms. The van der Waals surface area contributed by atoms with Crippen LogP contribution in [-0.4, -0.2) is 58.8 Å². The number of carbonyl (C=O) groups excluding carboxylic acids is 2. The van der Waals surface area contributed by atoms with E-state index < -0.39 is 5.60 Å². The number of hydrogen-bond donors (Lipinski definition) is 0. The van der Waals surface area contributed by atoms with Gasteiger partial charge in [-0.15, -0.1) is 11.8 Å². The number of carbonyl (C=O) groups is 2. The molecule has 3 rings (SSSR count). The first-order valence-electron chi connectivity index (χ1n) is 10.2. The third kappa shape index (κ3) is 4.83. The van der Waals surface area contributed by atoms with Gasteiger partial charge in [-0.3, -0.25) is 4.79 Å². The minimum Gasteiger partial charge on any atom is -0.444 e. The Bertz CT molecular complexity index is 710. The molecule has 0 N–H and O–H groups in total. The highest BCUT2D eigenvalue weighted by atomic mass is 32.2. The first kappa shape index (κ1) is 21.0. The van der Waals surface area contributed by atoms with Gasteiger partial charge in [0.2, 0.25) is 0 Å². The van der Waals surface area contributed by atoms with Gasteiger partial charge in [0.1, 0.15) is 5.60 Å². The lowest BCUT2D eigenvalue weighted by Crippen LogP contribution is -2.48. The average Bonchev–Trinajstić information content (AvgIpc) is 3.33. The fourth-order valence-electron chi connectivity index (χ4n) is 4.23. The molecule has 28 heavy (non-hydrogen) atoms. The Morgan fingerprint density at radius 3 is 2.43 bits per heavy atom. The van der Waals surface area contributed by atoms with Crippen LogP contribution in [0.1, 0.15) is 63.2 Å². The Balaban J connectivity index is 1.80. The molecule has 1 aliphatic heterocycles. The Kier molecular flexibility index (Phi) is 6.58. The number of nitrogens with zero attached hydrogens (tertiary/aromatic N) is 2. The van der Waals surface area contributed by atoms with Crippen LogP contribution in [0.3, 0.4) is 0 Å². The van der Waals surface area contributed by atoms with E-state index in [9.17, 15) is 9.59 Å². The molecule has 1 saturated heterocycles. The second-order valence-corrected chi connectivity index (χ2v) is 9.57. The Labute approximate surface area is 172 Å². The smallest absolute Gasteiger partial charge is 0.410 e. The van der Waals surface area contributed by atoms with Crippen LogP contribution in [0.4, 0.5) is 4.79 Å². The van der Waals surface area contributed by atoms with Crippen LogP contribution in [0.25, 0.3) is 0 Å². The van der Waals surface area contributed by atoms with E-state index in [-0.39, 0.29) is 24.1 Å². The highest BCUT2D eigenvalue weighted by molar-refractivity contribution is 7.98. The molecule has 0 spiro atoms. The highest BCUT2D eigenvalue weighted by Crippen LogP contribution is 2.32. The SMILES string of the molecule is CSc1ccccc1C(=O)N(C1CCCC1)[C@H]1CCN(C(=O)OC(C)(C)C)C1. The third-order valence-corrected chi connectivity index (χ3v) is 6.29. The second kappa shape index (κ2) is 8.76. The predicted octanol–water partition coefficient (Wildman–Crippen LogP) is 4.80. The van der Waals surface area contributed by atoms with Gasteiger partial charge in [0.05, 0.1) is 11.6 Å². The van der Waals surface area contributed by atoms with Gasteiger partial charge in [0.25, 0.3) is 5.91 Å². The zero-order valence-electron chi connectivity index (χ0n) is 17.4. The summed E-state index contributed by atoms with van der Waals surface area (Å²) in [5.41, 5.74) is 0.269. The average molecular weight is 405 g/mol. The fraction of sp³-hybridized carbons (Fsp3) is 0.636. The van der Waals surface area contributed by atoms with E-state index in [0.29, 0.717) is 13.1 Å². The van der Waals surface area contributed by atoms with Crippen LogP contribution in [0.5, 0.6) is 0 Å². The monoisotopic (exact) mass is 404 g/mol. The summed E-state index contributed by atoms with van der Waals surface area (Å²) in [6, 6.07) is 8.16. The van der Waals surface area contributed by atoms with E-state index >= 15 is 0 Å². The zero-order chi connectivity index (χ0) is 20.3. The summed E-state index contributed by atoms with van der Waals surface area (Å²) in [7, 11) is 0. The van der Waals surface area contributed by atoms with E-state index in [1.807, 2.05) is 51.3 Å². The maximum absolute atomic E-state index is 13.6. The Hall–Kier alpha value is -1.69. The summed E-state index contributed by atoms with van der Waals surface area (Å²) in [5, 5.41) is 0. The standard InChI is InChI=1S/C22H32N2O3S/c1-22(2,3)27-21(26)23-14-13-17(15-23)24(16-9-5-6-10-16)20(25)18-11-7-8-12-19(18)28-4/h7-8,11-12,16-17H,5-6,9-10,13-15H2,1-4H3/t17-/m0/s1. The molecule has 2 aliphatic rings. The van der Waals surface area contributed by atoms with Crippen molar-refractivity contribution in [3.05, 3.63) is 29.8 Å². The van der Waals surface area contributed by atoms with Crippen LogP contribution >= 0.6 is 11.8 Å². The van der Waals surface area contributed by atoms with Crippen molar-refractivity contribution in [2.45, 2.75) is 75.5 Å². The van der Waals surface area contributed by atoms with E-state index in [1.165, 1.54) is 12.8 Å². The normalized spacial score (nSPS) is 20.4. The van der Waals surface area contributed by atoms with Gasteiger partial charge < -0.3 is 14.5 Å². The van der Waals surface area contributed by atoms with Crippen molar-refractivity contribution in [3.63, 3.8) is 0 Å². The molecule has 1 saturated carbocycles. The van der Waals surface area contributed by atoms with Crippen LogP contribution in [0, 0.1) is 0 Å². The van der Waals surface area contributed by atoms with E-state index in [1.54, 1.807) is 16.7 Å². The molecule has 0 radical (unpaired) electrons. The van der Waals surface area contributed by atoms with Gasteiger partial charge in [-0.1, -0.05) is 25.0 Å². The number of likely N-dealkylation sites (tertiary alicyclic amines) is 1. The van der Waals surface area contributed by atoms with Crippen molar-refractivity contribution in [2.75, 3.05) is 19.3 Å². The molecule has 2 amide bonds. The summed E-state index contributed by atoms with van der Waals surface area (Å²) >= 11 is 1.61. The molecule has 2 fully saturated rings. The molecule has 1 aromatic rings. The number of hydrogen-bond acceptors (Lipinski definition) is 4. The van der Waals surface area contributed by atoms with Crippen molar-refractivity contribution >= 4 is 23.8 Å². The van der Waals surface area contributed by atoms with Gasteiger partial charge in [0, 0.05) is 24.0 Å². The molecule has 154 valence electrons. The zero-order valence-corrected chi connectivity index (χ0v) is 18.3. The van der Waals surface area contributed by atoms with Gasteiger partial charge in [-0.05, 0) is 58.4 Å². The summed E-state index contributed by atoms with van der Waals surface area (Å²) in [5.74, 6) is 0.105. The summed E-state index contributed by atoms with van der Waals surface area (Å²) in [6.07, 6.45) is 6.97. The van der Waals surface area contributed by atoms with E-state index in [0.717, 1.165) is 29.7 Å². The molecule has 1 atom stereocenters. The van der Waals surface area contributed by atoms with Crippen LogP contribution in [0.15, 0.2) is 29.2 Å². The summed E-state index contributed by atoms with van der Waals surface area (Å²) in [4.78, 5) is 30.9.